The maximum Gasteiger partial charge on any atom is 0.472 e. The number of hydrogen-bond acceptors (Lipinski definition) is 21. The van der Waals surface area contributed by atoms with Gasteiger partial charge in [0.15, 0.2) is 36.1 Å². The number of hydrogen-bond donors (Lipinski definition) is 8. The lowest BCUT2D eigenvalue weighted by atomic mass is 10.1. The summed E-state index contributed by atoms with van der Waals surface area (Å²) in [6, 6.07) is 0.573. The molecule has 1 amide bonds. The zero-order valence-corrected chi connectivity index (χ0v) is 35.1. The number of nitrogen functional groups attached to an aromatic ring is 2. The second-order valence-electron chi connectivity index (χ2n) is 13.0. The molecule has 4 aromatic rings. The zero-order chi connectivity index (χ0) is 46.5. The SMILES string of the molecule is C=CCCC(=O)N[C@@H](COCc1cncc(F)c1)C(=O)O[C@@H]([C@@H](O)n1cnc2c(N)ncnc21)[C@@H](COP(=O)(O)O[C@@H]([C@@H](O)n1ccc(N)nc1=O)[C@@H](COP(=O)(O)O)OC)OC. The van der Waals surface area contributed by atoms with Crippen LogP contribution in [0.2, 0.25) is 0 Å². The first kappa shape index (κ1) is 50.5. The van der Waals surface area contributed by atoms with Gasteiger partial charge in [-0.05, 0) is 24.1 Å². The Morgan fingerprint density at radius 2 is 1.67 bits per heavy atom. The van der Waals surface area contributed by atoms with E-state index in [1.165, 1.54) is 12.3 Å². The second kappa shape index (κ2) is 22.9. The van der Waals surface area contributed by atoms with Crippen molar-refractivity contribution < 1.29 is 80.5 Å². The Bertz CT molecular complexity index is 2340. The van der Waals surface area contributed by atoms with Gasteiger partial charge in [0.1, 0.15) is 41.8 Å². The van der Waals surface area contributed by atoms with Crippen molar-refractivity contribution in [3.63, 3.8) is 0 Å². The molecule has 0 radical (unpaired) electrons. The highest BCUT2D eigenvalue weighted by atomic mass is 31.2. The summed E-state index contributed by atoms with van der Waals surface area (Å²) in [5.74, 6) is -2.96. The van der Waals surface area contributed by atoms with Gasteiger partial charge in [0.25, 0.3) is 0 Å². The Morgan fingerprint density at radius 1 is 0.984 bits per heavy atom. The average molecular weight is 935 g/mol. The van der Waals surface area contributed by atoms with Crippen molar-refractivity contribution in [1.82, 2.24) is 39.4 Å². The van der Waals surface area contributed by atoms with Gasteiger partial charge in [-0.15, -0.1) is 6.58 Å². The molecule has 0 aromatic carbocycles. The van der Waals surface area contributed by atoms with Crippen LogP contribution in [0.15, 0.2) is 60.8 Å². The highest BCUT2D eigenvalue weighted by molar-refractivity contribution is 7.47. The van der Waals surface area contributed by atoms with Crippen LogP contribution in [0.4, 0.5) is 16.0 Å². The predicted molar refractivity (Wildman–Crippen MR) is 210 cm³/mol. The van der Waals surface area contributed by atoms with Crippen molar-refractivity contribution in [2.45, 2.75) is 62.4 Å². The van der Waals surface area contributed by atoms with Gasteiger partial charge in [0, 0.05) is 33.0 Å². The van der Waals surface area contributed by atoms with Crippen LogP contribution in [-0.2, 0) is 57.8 Å². The van der Waals surface area contributed by atoms with Crippen LogP contribution in [0.3, 0.4) is 0 Å². The zero-order valence-electron chi connectivity index (χ0n) is 33.3. The summed E-state index contributed by atoms with van der Waals surface area (Å²) in [5, 5.41) is 25.4. The number of carbonyl (C=O) groups excluding carboxylic acids is 2. The van der Waals surface area contributed by atoms with Gasteiger partial charge in [-0.25, -0.2) is 38.1 Å². The summed E-state index contributed by atoms with van der Waals surface area (Å²) in [7, 11) is -8.83. The minimum absolute atomic E-state index is 0.00290. The molecule has 63 heavy (non-hydrogen) atoms. The molecule has 4 aromatic heterocycles. The Labute approximate surface area is 355 Å². The maximum atomic E-state index is 14.0. The summed E-state index contributed by atoms with van der Waals surface area (Å²) < 4.78 is 77.1. The molecule has 4 heterocycles. The second-order valence-corrected chi connectivity index (χ2v) is 15.6. The molecule has 4 rings (SSSR count). The molecule has 0 saturated carbocycles. The molecule has 0 fully saturated rings. The van der Waals surface area contributed by atoms with Crippen LogP contribution in [0.5, 0.6) is 0 Å². The number of phosphoric ester groups is 2. The first-order chi connectivity index (χ1) is 29.8. The van der Waals surface area contributed by atoms with E-state index in [1.807, 2.05) is 0 Å². The molecular weight excluding hydrogens is 889 g/mol. The number of pyridine rings is 1. The van der Waals surface area contributed by atoms with Gasteiger partial charge in [-0.2, -0.15) is 4.98 Å². The lowest BCUT2D eigenvalue weighted by Crippen LogP contribution is -2.49. The number of allylic oxidation sites excluding steroid dienone is 1. The van der Waals surface area contributed by atoms with Crippen LogP contribution in [0.25, 0.3) is 11.2 Å². The normalized spacial score (nSPS) is 16.3. The fourth-order valence-electron chi connectivity index (χ4n) is 5.48. The standard InChI is InChI=1S/C33H45FN10O17P2/c1-4-5-6-24(45)41-20(13-57-12-18-9-19(34)11-37-10-18)32(48)60-26(30(46)44-17-40-25-28(36)38-16-39-29(25)44)21(55-2)15-59-63(53,54)61-27(22(56-3)14-58-62(50,51)52)31(47)43-8-7-23(35)42-33(43)49/h4,7-11,16-17,20-22,26-27,30-31,46-47H,1,5-6,12-15H2,2-3H3,(H,41,45)(H,53,54)(H2,35,42,49)(H2,36,38,39)(H2,50,51,52)/t20-,21+,22+,26+,27+,30+,31+/m0/s1. The lowest BCUT2D eigenvalue weighted by molar-refractivity contribution is -0.181. The van der Waals surface area contributed by atoms with Crippen molar-refractivity contribution in [1.29, 1.82) is 0 Å². The number of aromatic nitrogens is 7. The Morgan fingerprint density at radius 3 is 2.32 bits per heavy atom. The fraction of sp³-hybridized carbons (Fsp3) is 0.455. The van der Waals surface area contributed by atoms with Crippen LogP contribution in [-0.4, -0.2) is 135 Å². The monoisotopic (exact) mass is 934 g/mol. The van der Waals surface area contributed by atoms with E-state index >= 15 is 0 Å². The van der Waals surface area contributed by atoms with Crippen LogP contribution in [0.1, 0.15) is 30.9 Å². The largest absolute Gasteiger partial charge is 0.472 e. The molecule has 27 nitrogen and oxygen atoms in total. The molecule has 30 heteroatoms. The highest BCUT2D eigenvalue weighted by Crippen LogP contribution is 2.48. The third-order valence-corrected chi connectivity index (χ3v) is 10.0. The van der Waals surface area contributed by atoms with Gasteiger partial charge in [0.05, 0.1) is 39.0 Å². The van der Waals surface area contributed by atoms with Gasteiger partial charge in [-0.3, -0.25) is 32.5 Å². The van der Waals surface area contributed by atoms with E-state index in [4.69, 9.17) is 39.5 Å². The van der Waals surface area contributed by atoms with Crippen molar-refractivity contribution in [2.75, 3.05) is 45.5 Å². The summed E-state index contributed by atoms with van der Waals surface area (Å²) in [4.78, 5) is 88.0. The van der Waals surface area contributed by atoms with Crippen molar-refractivity contribution >= 4 is 50.3 Å². The Balaban J connectivity index is 1.66. The topological polar surface area (TPSA) is 389 Å². The molecule has 0 aliphatic rings. The number of carbonyl (C=O) groups is 2. The number of amides is 1. The van der Waals surface area contributed by atoms with E-state index in [0.717, 1.165) is 56.0 Å². The highest BCUT2D eigenvalue weighted by Gasteiger charge is 2.42. The van der Waals surface area contributed by atoms with Gasteiger partial charge < -0.3 is 60.6 Å². The predicted octanol–water partition coefficient (Wildman–Crippen LogP) is -1.02. The van der Waals surface area contributed by atoms with Gasteiger partial charge in [0.2, 0.25) is 5.91 Å². The summed E-state index contributed by atoms with van der Waals surface area (Å²) >= 11 is 0. The van der Waals surface area contributed by atoms with Crippen LogP contribution >= 0.6 is 15.6 Å². The number of ether oxygens (including phenoxy) is 4. The van der Waals surface area contributed by atoms with E-state index in [2.05, 4.69) is 41.3 Å². The minimum atomic E-state index is -5.58. The van der Waals surface area contributed by atoms with E-state index in [1.54, 1.807) is 0 Å². The average Bonchev–Trinajstić information content (AvgIpc) is 3.66. The first-order valence-corrected chi connectivity index (χ1v) is 21.1. The quantitative estimate of drug-likeness (QED) is 0.0212. The third kappa shape index (κ3) is 14.7. The molecule has 0 saturated heterocycles. The van der Waals surface area contributed by atoms with Crippen LogP contribution in [0, 0.1) is 5.82 Å². The number of rotatable bonds is 26. The molecule has 0 aliphatic carbocycles. The van der Waals surface area contributed by atoms with Crippen LogP contribution < -0.4 is 22.5 Å². The van der Waals surface area contributed by atoms with Crippen molar-refractivity contribution in [3.05, 3.63) is 77.9 Å². The Hall–Kier alpha value is -5.19. The first-order valence-electron chi connectivity index (χ1n) is 18.1. The maximum absolute atomic E-state index is 14.0. The molecule has 0 bridgehead atoms. The number of halogens is 1. The number of aliphatic hydroxyl groups excluding tert-OH is 2. The minimum Gasteiger partial charge on any atom is -0.453 e. The molecule has 1 unspecified atom stereocenters. The van der Waals surface area contributed by atoms with E-state index in [-0.39, 0.29) is 47.8 Å². The number of nitrogens with zero attached hydrogens (tertiary/aromatic N) is 7. The number of aliphatic hydroxyl groups is 2. The Kier molecular flexibility index (Phi) is 18.4. The molecule has 0 spiro atoms. The van der Waals surface area contributed by atoms with E-state index < -0.39 is 102 Å². The third-order valence-electron chi connectivity index (χ3n) is 8.56. The lowest BCUT2D eigenvalue weighted by Gasteiger charge is -2.33. The number of anilines is 2. The summed E-state index contributed by atoms with van der Waals surface area (Å²) in [5.41, 5.74) is 10.4. The summed E-state index contributed by atoms with van der Waals surface area (Å²) in [6.07, 6.45) is -5.29. The number of imidazole rings is 1. The summed E-state index contributed by atoms with van der Waals surface area (Å²) in [6.45, 7) is 0.502. The van der Waals surface area contributed by atoms with Crippen molar-refractivity contribution in [2.24, 2.45) is 0 Å². The number of methoxy groups -OCH3 is 2. The molecule has 10 N–H and O–H groups in total. The van der Waals surface area contributed by atoms with Gasteiger partial charge in [-0.1, -0.05) is 6.08 Å². The van der Waals surface area contributed by atoms with Crippen molar-refractivity contribution in [3.8, 4) is 0 Å². The molecule has 8 atom stereocenters. The fourth-order valence-corrected chi connectivity index (χ4v) is 6.77. The van der Waals surface area contributed by atoms with E-state index in [9.17, 15) is 52.8 Å². The number of esters is 1. The number of fused-ring (bicyclic) bond motifs is 1. The molecule has 346 valence electrons. The molecular formula is C33H45FN10O17P2. The number of nitrogens with one attached hydrogen (secondary N) is 1. The number of phosphoric acid groups is 2. The van der Waals surface area contributed by atoms with Gasteiger partial charge >= 0.3 is 27.3 Å². The van der Waals surface area contributed by atoms with E-state index in [0.29, 0.717) is 4.57 Å². The molecule has 0 aliphatic heterocycles. The smallest absolute Gasteiger partial charge is 0.453 e. The number of nitrogens with two attached hydrogens (primary N) is 2.